The average Bonchev–Trinajstić information content (AvgIpc) is 1.00. The minimum atomic E-state index is 0. The molecule has 0 saturated carbocycles. The smallest absolute Gasteiger partial charge is 0.0814 e. The lowest BCUT2D eigenvalue weighted by molar-refractivity contribution is 1.11. The summed E-state index contributed by atoms with van der Waals surface area (Å²) in [5.74, 6) is 0. The van der Waals surface area contributed by atoms with Crippen LogP contribution in [0, 0.1) is 0 Å². The van der Waals surface area contributed by atoms with Crippen molar-refractivity contribution in [3.63, 3.8) is 0 Å². The molecule has 0 aliphatic rings. The average molecular weight is 165 g/mol. The lowest BCUT2D eigenvalue weighted by atomic mass is 10.8. The molecule has 0 unspecified atom stereocenters. The Hall–Kier alpha value is -0.395. The quantitative estimate of drug-likeness (QED) is 0.373. The standard InChI is InChI=1S/CH5N.BH3.6FH/c1-2;;;;;;;/h2H2,1H3;1H3;6*1H. The summed E-state index contributed by atoms with van der Waals surface area (Å²) in [7, 11) is 1.50. The van der Waals surface area contributed by atoms with Gasteiger partial charge in [-0.3, -0.25) is 28.2 Å². The van der Waals surface area contributed by atoms with Gasteiger partial charge < -0.3 is 5.73 Å². The molecule has 0 aromatic rings. The van der Waals surface area contributed by atoms with Crippen LogP contribution < -0.4 is 5.73 Å². The molecule has 0 rings (SSSR count). The van der Waals surface area contributed by atoms with Crippen LogP contribution in [0.1, 0.15) is 0 Å². The third-order valence-corrected chi connectivity index (χ3v) is 0. The third kappa shape index (κ3) is 1530. The Labute approximate surface area is 50.8 Å². The van der Waals surface area contributed by atoms with Gasteiger partial charge in [0.1, 0.15) is 0 Å². The van der Waals surface area contributed by atoms with Gasteiger partial charge in [0, 0.05) is 0 Å². The van der Waals surface area contributed by atoms with Crippen LogP contribution in [0.4, 0.5) is 28.2 Å². The molecule has 0 aromatic heterocycles. The molecule has 0 radical (unpaired) electrons. The molecule has 0 amide bonds. The number of rotatable bonds is 0. The summed E-state index contributed by atoms with van der Waals surface area (Å²) in [6.07, 6.45) is 0. The summed E-state index contributed by atoms with van der Waals surface area (Å²) in [6.45, 7) is 0. The van der Waals surface area contributed by atoms with Crippen molar-refractivity contribution in [2.24, 2.45) is 5.73 Å². The summed E-state index contributed by atoms with van der Waals surface area (Å²) < 4.78 is 0. The maximum absolute atomic E-state index is 4.50. The summed E-state index contributed by atoms with van der Waals surface area (Å²) >= 11 is 0. The predicted octanol–water partition coefficient (Wildman–Crippen LogP) is -0.694. The molecule has 0 spiro atoms. The summed E-state index contributed by atoms with van der Waals surface area (Å²) in [5, 5.41) is 0. The fourth-order valence-corrected chi connectivity index (χ4v) is 0. The summed E-state index contributed by atoms with van der Waals surface area (Å²) in [5.41, 5.74) is 4.50. The Balaban J connectivity index is -0.000000000238. The molecule has 0 bridgehead atoms. The predicted molar refractivity (Wildman–Crippen MR) is 35.1 cm³/mol. The molecule has 8 heteroatoms. The normalized spacial score (nSPS) is 0.667. The summed E-state index contributed by atoms with van der Waals surface area (Å²) in [6, 6.07) is 0. The topological polar surface area (TPSA) is 26.0 Å². The molecule has 0 aromatic carbocycles. The highest BCUT2D eigenvalue weighted by Crippen LogP contribution is 0.469. The number of nitrogens with two attached hydrogens (primary N) is 1. The van der Waals surface area contributed by atoms with Crippen LogP contribution in [0.2, 0.25) is 0 Å². The molecule has 0 aliphatic heterocycles. The van der Waals surface area contributed by atoms with Crippen molar-refractivity contribution in [1.29, 1.82) is 0 Å². The van der Waals surface area contributed by atoms with E-state index < -0.39 is 0 Å². The molecule has 2 N–H and O–H groups in total. The van der Waals surface area contributed by atoms with Crippen molar-refractivity contribution in [3.05, 3.63) is 0 Å². The maximum atomic E-state index is 4.50. The molecule has 0 fully saturated rings. The van der Waals surface area contributed by atoms with Gasteiger partial charge >= 0.3 is 0 Å². The molecule has 9 heavy (non-hydrogen) atoms. The van der Waals surface area contributed by atoms with Crippen molar-refractivity contribution < 1.29 is 28.2 Å². The van der Waals surface area contributed by atoms with E-state index in [9.17, 15) is 0 Å². The minimum Gasteiger partial charge on any atom is -0.333 e. The first-order valence-electron chi connectivity index (χ1n) is 0.577. The van der Waals surface area contributed by atoms with Crippen LogP contribution in [0.3, 0.4) is 0 Å². The van der Waals surface area contributed by atoms with E-state index in [0.717, 1.165) is 0 Å². The van der Waals surface area contributed by atoms with Crippen molar-refractivity contribution in [1.82, 2.24) is 0 Å². The Morgan fingerprint density at radius 1 is 0.556 bits per heavy atom. The summed E-state index contributed by atoms with van der Waals surface area (Å²) in [4.78, 5) is 0. The van der Waals surface area contributed by atoms with E-state index in [1.165, 1.54) is 7.05 Å². The molecular weight excluding hydrogens is 151 g/mol. The minimum absolute atomic E-state index is 0. The number of hydrogen-bond donors (Lipinski definition) is 1. The third-order valence-electron chi connectivity index (χ3n) is 0. The largest absolute Gasteiger partial charge is 0.333 e. The van der Waals surface area contributed by atoms with Gasteiger partial charge in [-0.15, -0.1) is 0 Å². The Kier molecular flexibility index (Phi) is 321000. The highest BCUT2D eigenvalue weighted by Gasteiger charge is 0.836. The van der Waals surface area contributed by atoms with E-state index in [2.05, 4.69) is 5.73 Å². The zero-order valence-electron chi connectivity index (χ0n) is 4.03. The molecule has 68 valence electrons. The van der Waals surface area contributed by atoms with E-state index in [0.29, 0.717) is 0 Å². The van der Waals surface area contributed by atoms with Crippen LogP contribution in [0.15, 0.2) is 0 Å². The van der Waals surface area contributed by atoms with Gasteiger partial charge in [-0.2, -0.15) is 0 Å². The van der Waals surface area contributed by atoms with Crippen molar-refractivity contribution in [3.8, 4) is 0 Å². The maximum Gasteiger partial charge on any atom is 0.0814 e. The molecule has 0 atom stereocenters. The number of hydrogen-bond acceptors (Lipinski definition) is 1. The Morgan fingerprint density at radius 2 is 0.556 bits per heavy atom. The second-order valence-electron chi connectivity index (χ2n) is 0. The van der Waals surface area contributed by atoms with Crippen LogP contribution in [0.5, 0.6) is 0 Å². The Morgan fingerprint density at radius 3 is 0.556 bits per heavy atom. The highest BCUT2D eigenvalue weighted by atomic mass is 19.0. The van der Waals surface area contributed by atoms with Crippen molar-refractivity contribution >= 4 is 8.41 Å². The molecule has 0 heterocycles. The second-order valence-corrected chi connectivity index (χ2v) is 0. The lowest BCUT2D eigenvalue weighted by Crippen LogP contribution is -1.69. The molecule has 0 saturated heterocycles. The zero-order chi connectivity index (χ0) is 2.00. The van der Waals surface area contributed by atoms with E-state index >= 15 is 0 Å². The zero-order valence-corrected chi connectivity index (χ0v) is 4.03. The van der Waals surface area contributed by atoms with Gasteiger partial charge in [0.15, 0.2) is 0 Å². The van der Waals surface area contributed by atoms with Gasteiger partial charge in [0.2, 0.25) is 0 Å². The van der Waals surface area contributed by atoms with Gasteiger partial charge in [0.05, 0.1) is 8.41 Å². The van der Waals surface area contributed by atoms with E-state index in [1.807, 2.05) is 0 Å². The Bertz CT molecular complexity index is 13.0. The van der Waals surface area contributed by atoms with Crippen LogP contribution >= 0.6 is 0 Å². The van der Waals surface area contributed by atoms with E-state index in [1.54, 1.807) is 0 Å². The first-order valence-corrected chi connectivity index (χ1v) is 0.577. The fraction of sp³-hybridized carbons (Fsp3) is 1.00. The first kappa shape index (κ1) is 1360. The fourth-order valence-electron chi connectivity index (χ4n) is 0. The molecule has 0 aliphatic carbocycles. The van der Waals surface area contributed by atoms with Crippen LogP contribution in [-0.2, 0) is 0 Å². The van der Waals surface area contributed by atoms with E-state index in [-0.39, 0.29) is 36.6 Å². The van der Waals surface area contributed by atoms with Crippen LogP contribution in [0.25, 0.3) is 0 Å². The first-order chi connectivity index (χ1) is 1.00. The number of halogens is 6. The molecule has 1 nitrogen and oxygen atoms in total. The van der Waals surface area contributed by atoms with E-state index in [4.69, 9.17) is 0 Å². The van der Waals surface area contributed by atoms with Crippen molar-refractivity contribution in [2.75, 3.05) is 7.05 Å². The van der Waals surface area contributed by atoms with Gasteiger partial charge in [-0.25, -0.2) is 0 Å². The molecular formula is CH14BF6N. The lowest BCUT2D eigenvalue weighted by Gasteiger charge is -1.19. The van der Waals surface area contributed by atoms with Gasteiger partial charge in [-0.05, 0) is 7.05 Å². The van der Waals surface area contributed by atoms with Gasteiger partial charge in [0.25, 0.3) is 0 Å². The SMILES string of the molecule is B.CN.F.F.F.F.F.F. The second kappa shape index (κ2) is 2130. The van der Waals surface area contributed by atoms with Crippen molar-refractivity contribution in [2.45, 2.75) is 0 Å². The van der Waals surface area contributed by atoms with Crippen LogP contribution in [-0.4, -0.2) is 15.5 Å². The highest BCUT2D eigenvalue weighted by molar-refractivity contribution is 5.75. The monoisotopic (exact) mass is 165 g/mol. The van der Waals surface area contributed by atoms with Gasteiger partial charge in [-0.1, -0.05) is 0 Å².